The molecule has 30 heavy (non-hydrogen) atoms. The van der Waals surface area contributed by atoms with E-state index in [9.17, 15) is 35.9 Å². The van der Waals surface area contributed by atoms with Crippen LogP contribution in [-0.4, -0.2) is 61.7 Å². The molecule has 2 heterocycles. The summed E-state index contributed by atoms with van der Waals surface area (Å²) in [5.41, 5.74) is -8.17. The van der Waals surface area contributed by atoms with Gasteiger partial charge < -0.3 is 9.47 Å². The van der Waals surface area contributed by atoms with E-state index in [4.69, 9.17) is 9.47 Å². The number of Topliss-reactive ketones (excluding diaryl/α,β-unsaturated/α-hetero) is 2. The van der Waals surface area contributed by atoms with Gasteiger partial charge in [0, 0.05) is 23.9 Å². The predicted octanol–water partition coefficient (Wildman–Crippen LogP) is 2.71. The third-order valence-electron chi connectivity index (χ3n) is 5.55. The first kappa shape index (κ1) is 25.0. The zero-order valence-corrected chi connectivity index (χ0v) is 17.1. The lowest BCUT2D eigenvalue weighted by molar-refractivity contribution is -0.309. The van der Waals surface area contributed by atoms with Crippen LogP contribution < -0.4 is 10.6 Å². The second kappa shape index (κ2) is 7.72. The van der Waals surface area contributed by atoms with E-state index < -0.39 is 85.3 Å². The lowest BCUT2D eigenvalue weighted by Gasteiger charge is -2.45. The Kier molecular flexibility index (Phi) is 6.44. The van der Waals surface area contributed by atoms with Gasteiger partial charge in [0.15, 0.2) is 0 Å². The fourth-order valence-corrected chi connectivity index (χ4v) is 3.12. The van der Waals surface area contributed by atoms with Crippen LogP contribution in [0.15, 0.2) is 0 Å². The molecule has 0 aromatic rings. The summed E-state index contributed by atoms with van der Waals surface area (Å²) in [6.45, 7) is 3.56. The van der Waals surface area contributed by atoms with Gasteiger partial charge in [-0.2, -0.15) is 26.3 Å². The molecule has 0 aromatic carbocycles. The molecule has 0 aliphatic carbocycles. The maximum absolute atomic E-state index is 13.6. The van der Waals surface area contributed by atoms with Gasteiger partial charge in [0.2, 0.25) is 11.4 Å². The number of halogens is 6. The van der Waals surface area contributed by atoms with Crippen molar-refractivity contribution in [3.8, 4) is 0 Å². The number of nitrogens with one attached hydrogen (secondary N) is 2. The summed E-state index contributed by atoms with van der Waals surface area (Å²) in [5.74, 6) is -1.36. The second-order valence-electron chi connectivity index (χ2n) is 9.05. The molecule has 2 fully saturated rings. The summed E-state index contributed by atoms with van der Waals surface area (Å²) < 4.78 is 91.5. The Morgan fingerprint density at radius 2 is 1.03 bits per heavy atom. The van der Waals surface area contributed by atoms with Crippen LogP contribution in [0.1, 0.15) is 40.5 Å². The number of hydrogen-bond acceptors (Lipinski definition) is 6. The standard InChI is InChI=1S/C18H26F6N2O4/c1-13(2)9-29-15(7-11(13)27,17(19,20)21)25-5-6-26-16(18(22,23)24)8-12(28)14(3,4)10-30-16/h25-26H,5-10H2,1-4H3. The molecule has 0 spiro atoms. The molecule has 174 valence electrons. The smallest absolute Gasteiger partial charge is 0.350 e. The van der Waals surface area contributed by atoms with Gasteiger partial charge in [0.05, 0.1) is 26.1 Å². The van der Waals surface area contributed by atoms with E-state index in [1.54, 1.807) is 0 Å². The molecule has 2 aliphatic heterocycles. The molecular formula is C18H26F6N2O4. The van der Waals surface area contributed by atoms with Crippen LogP contribution in [0.5, 0.6) is 0 Å². The van der Waals surface area contributed by atoms with Crippen molar-refractivity contribution in [1.82, 2.24) is 10.6 Å². The molecular weight excluding hydrogens is 422 g/mol. The van der Waals surface area contributed by atoms with Crippen LogP contribution in [0, 0.1) is 10.8 Å². The first-order chi connectivity index (χ1) is 13.4. The van der Waals surface area contributed by atoms with Gasteiger partial charge in [-0.3, -0.25) is 20.2 Å². The number of hydrogen-bond donors (Lipinski definition) is 2. The topological polar surface area (TPSA) is 76.7 Å². The number of ether oxygens (including phenoxy) is 2. The van der Waals surface area contributed by atoms with E-state index >= 15 is 0 Å². The zero-order chi connectivity index (χ0) is 23.2. The Hall–Kier alpha value is -1.24. The van der Waals surface area contributed by atoms with Crippen molar-refractivity contribution in [3.63, 3.8) is 0 Å². The first-order valence-corrected chi connectivity index (χ1v) is 9.36. The van der Waals surface area contributed by atoms with Crippen LogP contribution in [0.2, 0.25) is 0 Å². The summed E-state index contributed by atoms with van der Waals surface area (Å²) in [6, 6.07) is 0. The Morgan fingerprint density at radius 3 is 1.27 bits per heavy atom. The third-order valence-corrected chi connectivity index (χ3v) is 5.55. The maximum Gasteiger partial charge on any atom is 0.431 e. The molecule has 12 heteroatoms. The lowest BCUT2D eigenvalue weighted by Crippen LogP contribution is -2.67. The summed E-state index contributed by atoms with van der Waals surface area (Å²) in [4.78, 5) is 24.2. The van der Waals surface area contributed by atoms with Crippen molar-refractivity contribution >= 4 is 11.6 Å². The van der Waals surface area contributed by atoms with Crippen molar-refractivity contribution in [2.45, 2.75) is 64.3 Å². The van der Waals surface area contributed by atoms with E-state index in [0.717, 1.165) is 0 Å². The Bertz CT molecular complexity index is 633. The van der Waals surface area contributed by atoms with Gasteiger partial charge in [-0.15, -0.1) is 0 Å². The molecule has 2 unspecified atom stereocenters. The number of rotatable bonds is 5. The highest BCUT2D eigenvalue weighted by Gasteiger charge is 2.62. The molecule has 2 aliphatic rings. The van der Waals surface area contributed by atoms with Crippen LogP contribution in [0.25, 0.3) is 0 Å². The van der Waals surface area contributed by atoms with Crippen LogP contribution in [0.4, 0.5) is 26.3 Å². The highest BCUT2D eigenvalue weighted by Crippen LogP contribution is 2.43. The van der Waals surface area contributed by atoms with E-state index in [2.05, 4.69) is 0 Å². The molecule has 0 aromatic heterocycles. The van der Waals surface area contributed by atoms with E-state index in [-0.39, 0.29) is 0 Å². The third kappa shape index (κ3) is 4.66. The van der Waals surface area contributed by atoms with Gasteiger partial charge in [-0.05, 0) is 0 Å². The van der Waals surface area contributed by atoms with Crippen LogP contribution >= 0.6 is 0 Å². The summed E-state index contributed by atoms with van der Waals surface area (Å²) in [6.07, 6.45) is -11.9. The number of carbonyl (C=O) groups is 2. The summed E-state index contributed by atoms with van der Waals surface area (Å²) in [7, 11) is 0. The highest BCUT2D eigenvalue weighted by molar-refractivity contribution is 5.86. The molecule has 0 radical (unpaired) electrons. The molecule has 0 saturated carbocycles. The number of carbonyl (C=O) groups excluding carboxylic acids is 2. The SMILES string of the molecule is CC1(C)COC(NCCNC2(C(F)(F)F)CC(=O)C(C)(C)CO2)(C(F)(F)F)CC1=O. The normalized spacial score (nSPS) is 32.3. The maximum atomic E-state index is 13.6. The molecule has 2 saturated heterocycles. The quantitative estimate of drug-likeness (QED) is 0.498. The van der Waals surface area contributed by atoms with Crippen molar-refractivity contribution in [3.05, 3.63) is 0 Å². The van der Waals surface area contributed by atoms with Gasteiger partial charge in [-0.25, -0.2) is 0 Å². The van der Waals surface area contributed by atoms with E-state index in [0.29, 0.717) is 0 Å². The van der Waals surface area contributed by atoms with Crippen molar-refractivity contribution in [2.75, 3.05) is 26.3 Å². The molecule has 0 bridgehead atoms. The fourth-order valence-electron chi connectivity index (χ4n) is 3.12. The van der Waals surface area contributed by atoms with Gasteiger partial charge in [0.1, 0.15) is 11.6 Å². The monoisotopic (exact) mass is 448 g/mol. The molecule has 0 amide bonds. The lowest BCUT2D eigenvalue weighted by atomic mass is 9.81. The average molecular weight is 448 g/mol. The highest BCUT2D eigenvalue weighted by atomic mass is 19.4. The predicted molar refractivity (Wildman–Crippen MR) is 92.3 cm³/mol. The minimum Gasteiger partial charge on any atom is -0.350 e. The first-order valence-electron chi connectivity index (χ1n) is 9.36. The Morgan fingerprint density at radius 1 is 0.733 bits per heavy atom. The number of ketones is 2. The van der Waals surface area contributed by atoms with Crippen molar-refractivity contribution in [2.24, 2.45) is 10.8 Å². The average Bonchev–Trinajstić information content (AvgIpc) is 2.56. The molecule has 6 nitrogen and oxygen atoms in total. The Labute approximate surface area is 170 Å². The van der Waals surface area contributed by atoms with Gasteiger partial charge in [-0.1, -0.05) is 27.7 Å². The minimum atomic E-state index is -4.97. The summed E-state index contributed by atoms with van der Waals surface area (Å²) >= 11 is 0. The van der Waals surface area contributed by atoms with Crippen molar-refractivity contribution in [1.29, 1.82) is 0 Å². The number of alkyl halides is 6. The van der Waals surface area contributed by atoms with Crippen molar-refractivity contribution < 1.29 is 45.4 Å². The molecule has 2 N–H and O–H groups in total. The van der Waals surface area contributed by atoms with Gasteiger partial charge in [0.25, 0.3) is 0 Å². The van der Waals surface area contributed by atoms with Crippen LogP contribution in [0.3, 0.4) is 0 Å². The zero-order valence-electron chi connectivity index (χ0n) is 17.1. The molecule has 2 atom stereocenters. The van der Waals surface area contributed by atoms with Crippen LogP contribution in [-0.2, 0) is 19.1 Å². The van der Waals surface area contributed by atoms with E-state index in [1.807, 2.05) is 10.6 Å². The van der Waals surface area contributed by atoms with E-state index in [1.165, 1.54) is 27.7 Å². The fraction of sp³-hybridized carbons (Fsp3) is 0.889. The Balaban J connectivity index is 2.08. The minimum absolute atomic E-state index is 0.495. The largest absolute Gasteiger partial charge is 0.431 e. The molecule has 2 rings (SSSR count). The summed E-state index contributed by atoms with van der Waals surface area (Å²) in [5, 5.41) is 4.08. The second-order valence-corrected chi connectivity index (χ2v) is 9.05. The van der Waals surface area contributed by atoms with Gasteiger partial charge >= 0.3 is 12.4 Å².